The molecule has 7 nitrogen and oxygen atoms in total. The summed E-state index contributed by atoms with van der Waals surface area (Å²) in [6.07, 6.45) is 0. The fourth-order valence-corrected chi connectivity index (χ4v) is 3.43. The van der Waals surface area contributed by atoms with Crippen LogP contribution in [0.4, 0.5) is 5.95 Å². The van der Waals surface area contributed by atoms with Crippen LogP contribution in [0.3, 0.4) is 0 Å². The lowest BCUT2D eigenvalue weighted by Crippen LogP contribution is -3.13. The Labute approximate surface area is 153 Å². The van der Waals surface area contributed by atoms with Crippen LogP contribution in [0.2, 0.25) is 0 Å². The van der Waals surface area contributed by atoms with E-state index in [9.17, 15) is 0 Å². The number of quaternary nitrogens is 1. The largest absolute Gasteiger partial charge is 0.478 e. The van der Waals surface area contributed by atoms with Gasteiger partial charge < -0.3 is 24.0 Å². The van der Waals surface area contributed by atoms with Gasteiger partial charge in [0.15, 0.2) is 11.5 Å². The molecule has 2 aliphatic heterocycles. The number of aromatic nitrogens is 2. The zero-order valence-electron chi connectivity index (χ0n) is 15.3. The van der Waals surface area contributed by atoms with Crippen LogP contribution in [0.25, 0.3) is 0 Å². The fourth-order valence-electron chi connectivity index (χ4n) is 3.43. The molecule has 0 amide bonds. The van der Waals surface area contributed by atoms with E-state index in [-0.39, 0.29) is 0 Å². The van der Waals surface area contributed by atoms with Crippen molar-refractivity contribution in [1.82, 2.24) is 9.97 Å². The zero-order valence-corrected chi connectivity index (χ0v) is 15.3. The average Bonchev–Trinajstić information content (AvgIpc) is 3.10. The second-order valence-corrected chi connectivity index (χ2v) is 6.68. The van der Waals surface area contributed by atoms with Crippen molar-refractivity contribution in [2.45, 2.75) is 20.4 Å². The summed E-state index contributed by atoms with van der Waals surface area (Å²) in [5.41, 5.74) is 2.22. The maximum atomic E-state index is 5.55. The van der Waals surface area contributed by atoms with E-state index in [1.165, 1.54) is 5.56 Å². The molecule has 0 radical (unpaired) electrons. The molecule has 0 bridgehead atoms. The van der Waals surface area contributed by atoms with E-state index < -0.39 is 0 Å². The number of nitrogens with zero attached hydrogens (tertiary/aromatic N) is 3. The Kier molecular flexibility index (Phi) is 4.79. The van der Waals surface area contributed by atoms with Crippen LogP contribution in [-0.4, -0.2) is 49.5 Å². The summed E-state index contributed by atoms with van der Waals surface area (Å²) in [4.78, 5) is 12.9. The number of rotatable bonds is 5. The number of anilines is 1. The second-order valence-electron chi connectivity index (χ2n) is 6.68. The molecule has 1 fully saturated rings. The molecular weight excluding hydrogens is 332 g/mol. The van der Waals surface area contributed by atoms with Crippen LogP contribution in [-0.2, 0) is 6.54 Å². The minimum Gasteiger partial charge on any atom is -0.478 e. The van der Waals surface area contributed by atoms with Crippen molar-refractivity contribution < 1.29 is 19.1 Å². The zero-order chi connectivity index (χ0) is 17.9. The molecule has 26 heavy (non-hydrogen) atoms. The minimum absolute atomic E-state index is 0.324. The molecule has 7 heteroatoms. The SMILES string of the molecule is CCOc1cc(C)nc(N2CC[NH+](Cc3ccc4c(c3)OCO4)CC2)n1. The highest BCUT2D eigenvalue weighted by atomic mass is 16.7. The van der Waals surface area contributed by atoms with Crippen LogP contribution < -0.4 is 24.0 Å². The number of piperazine rings is 1. The quantitative estimate of drug-likeness (QED) is 0.855. The maximum Gasteiger partial charge on any atom is 0.231 e. The van der Waals surface area contributed by atoms with E-state index >= 15 is 0 Å². The summed E-state index contributed by atoms with van der Waals surface area (Å²) in [6.45, 7) is 9.86. The van der Waals surface area contributed by atoms with Gasteiger partial charge in [-0.05, 0) is 32.0 Å². The average molecular weight is 357 g/mol. The van der Waals surface area contributed by atoms with Gasteiger partial charge in [0.1, 0.15) is 6.54 Å². The highest BCUT2D eigenvalue weighted by Crippen LogP contribution is 2.32. The van der Waals surface area contributed by atoms with Crippen molar-refractivity contribution >= 4 is 5.95 Å². The smallest absolute Gasteiger partial charge is 0.231 e. The van der Waals surface area contributed by atoms with Gasteiger partial charge in [0.25, 0.3) is 0 Å². The van der Waals surface area contributed by atoms with Crippen LogP contribution in [0.5, 0.6) is 17.4 Å². The summed E-state index contributed by atoms with van der Waals surface area (Å²) in [6, 6.07) is 8.11. The van der Waals surface area contributed by atoms with Crippen molar-refractivity contribution in [3.63, 3.8) is 0 Å². The lowest BCUT2D eigenvalue weighted by molar-refractivity contribution is -0.914. The Bertz CT molecular complexity index is 775. The number of fused-ring (bicyclic) bond motifs is 1. The first kappa shape index (κ1) is 16.9. The summed E-state index contributed by atoms with van der Waals surface area (Å²) < 4.78 is 16.4. The van der Waals surface area contributed by atoms with E-state index in [0.29, 0.717) is 19.3 Å². The van der Waals surface area contributed by atoms with Gasteiger partial charge in [0.2, 0.25) is 18.6 Å². The second kappa shape index (κ2) is 7.37. The van der Waals surface area contributed by atoms with E-state index in [2.05, 4.69) is 27.0 Å². The van der Waals surface area contributed by atoms with Gasteiger partial charge in [-0.15, -0.1) is 0 Å². The molecule has 4 rings (SSSR count). The van der Waals surface area contributed by atoms with Gasteiger partial charge in [-0.3, -0.25) is 0 Å². The molecule has 138 valence electrons. The van der Waals surface area contributed by atoms with Gasteiger partial charge in [-0.25, -0.2) is 4.98 Å². The third-order valence-electron chi connectivity index (χ3n) is 4.76. The number of benzene rings is 1. The molecule has 1 aromatic carbocycles. The Balaban J connectivity index is 1.37. The molecule has 0 spiro atoms. The van der Waals surface area contributed by atoms with Crippen molar-refractivity contribution in [2.75, 3.05) is 44.5 Å². The number of nitrogens with one attached hydrogen (secondary N) is 1. The minimum atomic E-state index is 0.324. The first-order valence-corrected chi connectivity index (χ1v) is 9.17. The predicted octanol–water partition coefficient (Wildman–Crippen LogP) is 0.818. The van der Waals surface area contributed by atoms with E-state index in [1.54, 1.807) is 4.90 Å². The van der Waals surface area contributed by atoms with Crippen LogP contribution in [0.15, 0.2) is 24.3 Å². The molecule has 2 aliphatic rings. The number of hydrogen-bond acceptors (Lipinski definition) is 6. The highest BCUT2D eigenvalue weighted by molar-refractivity contribution is 5.44. The van der Waals surface area contributed by atoms with E-state index in [1.807, 2.05) is 26.0 Å². The normalized spacial score (nSPS) is 16.8. The lowest BCUT2D eigenvalue weighted by atomic mass is 10.1. The molecule has 3 heterocycles. The molecule has 2 aromatic rings. The summed E-state index contributed by atoms with van der Waals surface area (Å²) in [5.74, 6) is 3.13. The number of ether oxygens (including phenoxy) is 3. The monoisotopic (exact) mass is 357 g/mol. The molecule has 0 atom stereocenters. The maximum absolute atomic E-state index is 5.55. The Hall–Kier alpha value is -2.54. The standard InChI is InChI=1S/C19H24N4O3/c1-3-24-18-10-14(2)20-19(21-18)23-8-6-22(7-9-23)12-15-4-5-16-17(11-15)26-13-25-16/h4-5,10-11H,3,6-9,12-13H2,1-2H3/p+1. The Morgan fingerprint density at radius 2 is 1.92 bits per heavy atom. The molecule has 1 N–H and O–H groups in total. The molecule has 0 saturated carbocycles. The number of aryl methyl sites for hydroxylation is 1. The lowest BCUT2D eigenvalue weighted by Gasteiger charge is -2.32. The van der Waals surface area contributed by atoms with Crippen molar-refractivity contribution in [2.24, 2.45) is 0 Å². The van der Waals surface area contributed by atoms with Crippen LogP contribution >= 0.6 is 0 Å². The van der Waals surface area contributed by atoms with Crippen LogP contribution in [0.1, 0.15) is 18.2 Å². The Morgan fingerprint density at radius 1 is 1.12 bits per heavy atom. The van der Waals surface area contributed by atoms with Gasteiger partial charge in [0, 0.05) is 17.3 Å². The van der Waals surface area contributed by atoms with E-state index in [4.69, 9.17) is 14.2 Å². The van der Waals surface area contributed by atoms with Crippen molar-refractivity contribution in [3.05, 3.63) is 35.5 Å². The number of hydrogen-bond donors (Lipinski definition) is 1. The van der Waals surface area contributed by atoms with Crippen LogP contribution in [0, 0.1) is 6.92 Å². The topological polar surface area (TPSA) is 61.2 Å². The molecule has 1 saturated heterocycles. The van der Waals surface area contributed by atoms with E-state index in [0.717, 1.165) is 55.9 Å². The predicted molar refractivity (Wildman–Crippen MR) is 97.1 cm³/mol. The van der Waals surface area contributed by atoms with Gasteiger partial charge in [-0.2, -0.15) is 4.98 Å². The molecule has 1 aromatic heterocycles. The van der Waals surface area contributed by atoms with Gasteiger partial charge >= 0.3 is 0 Å². The summed E-state index contributed by atoms with van der Waals surface area (Å²) in [5, 5.41) is 0. The van der Waals surface area contributed by atoms with Gasteiger partial charge in [-0.1, -0.05) is 0 Å². The third kappa shape index (κ3) is 3.67. The first-order chi connectivity index (χ1) is 12.7. The molecule has 0 unspecified atom stereocenters. The highest BCUT2D eigenvalue weighted by Gasteiger charge is 2.23. The third-order valence-corrected chi connectivity index (χ3v) is 4.76. The van der Waals surface area contributed by atoms with Crippen molar-refractivity contribution in [3.8, 4) is 17.4 Å². The fraction of sp³-hybridized carbons (Fsp3) is 0.474. The first-order valence-electron chi connectivity index (χ1n) is 9.17. The molecule has 0 aliphatic carbocycles. The van der Waals surface area contributed by atoms with Gasteiger partial charge in [0.05, 0.1) is 32.8 Å². The summed E-state index contributed by atoms with van der Waals surface area (Å²) in [7, 11) is 0. The molecular formula is C19H25N4O3+. The van der Waals surface area contributed by atoms with Crippen molar-refractivity contribution in [1.29, 1.82) is 0 Å². The summed E-state index contributed by atoms with van der Waals surface area (Å²) >= 11 is 0. The Morgan fingerprint density at radius 3 is 2.73 bits per heavy atom.